The molecule has 0 spiro atoms. The number of hydrogen-bond donors (Lipinski definition) is 1. The Morgan fingerprint density at radius 1 is 1.32 bits per heavy atom. The summed E-state index contributed by atoms with van der Waals surface area (Å²) in [6, 6.07) is 4.84. The summed E-state index contributed by atoms with van der Waals surface area (Å²) in [4.78, 5) is 11.6. The van der Waals surface area contributed by atoms with Crippen LogP contribution in [0.15, 0.2) is 40.8 Å². The molecule has 0 radical (unpaired) electrons. The molecule has 0 saturated heterocycles. The maximum Gasteiger partial charge on any atom is 0.310 e. The van der Waals surface area contributed by atoms with Crippen LogP contribution in [0.4, 0.5) is 13.2 Å². The monoisotopic (exact) mass is 413 g/mol. The van der Waals surface area contributed by atoms with Gasteiger partial charge in [-0.15, -0.1) is 0 Å². The van der Waals surface area contributed by atoms with E-state index in [0.717, 1.165) is 18.2 Å². The molecule has 1 aromatic carbocycles. The summed E-state index contributed by atoms with van der Waals surface area (Å²) in [5.74, 6) is -8.26. The Morgan fingerprint density at radius 3 is 2.68 bits per heavy atom. The second-order valence-electron chi connectivity index (χ2n) is 6.39. The molecular weight excluding hydrogens is 399 g/mol. The zero-order chi connectivity index (χ0) is 20.7. The van der Waals surface area contributed by atoms with Crippen LogP contribution in [0.5, 0.6) is 5.75 Å². The SMILES string of the molecule is N#Cc1cc(F)cc(OC2C=CC(S(=O)(=O)CCO)=C3C(=O)C(F)(F)CC32)c1. The predicted octanol–water partition coefficient (Wildman–Crippen LogP) is 1.90. The first-order valence-electron chi connectivity index (χ1n) is 8.15. The zero-order valence-corrected chi connectivity index (χ0v) is 15.0. The van der Waals surface area contributed by atoms with Crippen molar-refractivity contribution in [1.82, 2.24) is 0 Å². The van der Waals surface area contributed by atoms with E-state index in [1.807, 2.05) is 0 Å². The summed E-state index contributed by atoms with van der Waals surface area (Å²) < 4.78 is 71.8. The molecule has 0 amide bonds. The molecule has 148 valence electrons. The molecule has 1 N–H and O–H groups in total. The number of sulfone groups is 1. The number of nitrogens with zero attached hydrogens (tertiary/aromatic N) is 1. The Hall–Kier alpha value is -2.64. The van der Waals surface area contributed by atoms with Crippen molar-refractivity contribution in [3.05, 3.63) is 52.2 Å². The van der Waals surface area contributed by atoms with Crippen LogP contribution in [0.3, 0.4) is 0 Å². The number of rotatable bonds is 5. The van der Waals surface area contributed by atoms with E-state index in [4.69, 9.17) is 15.1 Å². The zero-order valence-electron chi connectivity index (χ0n) is 14.2. The Labute approximate surface area is 158 Å². The highest BCUT2D eigenvalue weighted by molar-refractivity contribution is 7.95. The molecule has 6 nitrogen and oxygen atoms in total. The minimum absolute atomic E-state index is 0.0513. The number of aliphatic hydroxyl groups is 1. The molecule has 28 heavy (non-hydrogen) atoms. The first kappa shape index (κ1) is 20.1. The van der Waals surface area contributed by atoms with E-state index in [-0.39, 0.29) is 11.3 Å². The highest BCUT2D eigenvalue weighted by Gasteiger charge is 2.56. The first-order valence-corrected chi connectivity index (χ1v) is 9.80. The van der Waals surface area contributed by atoms with Gasteiger partial charge in [0.15, 0.2) is 9.84 Å². The average molecular weight is 413 g/mol. The third kappa shape index (κ3) is 3.55. The van der Waals surface area contributed by atoms with Gasteiger partial charge < -0.3 is 9.84 Å². The molecule has 1 saturated carbocycles. The van der Waals surface area contributed by atoms with E-state index in [0.29, 0.717) is 0 Å². The molecule has 1 aromatic rings. The Morgan fingerprint density at radius 2 is 2.04 bits per heavy atom. The van der Waals surface area contributed by atoms with Gasteiger partial charge in [0.1, 0.15) is 17.7 Å². The molecule has 0 heterocycles. The van der Waals surface area contributed by atoms with Crippen molar-refractivity contribution in [2.75, 3.05) is 12.4 Å². The van der Waals surface area contributed by atoms with E-state index in [2.05, 4.69) is 0 Å². The van der Waals surface area contributed by atoms with Crippen molar-refractivity contribution in [3.8, 4) is 11.8 Å². The maximum absolute atomic E-state index is 14.1. The molecule has 0 bridgehead atoms. The number of Topliss-reactive ketones (excluding diaryl/α,β-unsaturated/α-hetero) is 1. The minimum atomic E-state index is -4.15. The molecule has 2 aliphatic carbocycles. The number of benzene rings is 1. The number of aliphatic hydroxyl groups excluding tert-OH is 1. The number of carbonyl (C=O) groups excluding carboxylic acids is 1. The van der Waals surface area contributed by atoms with Crippen LogP contribution < -0.4 is 4.74 Å². The van der Waals surface area contributed by atoms with Gasteiger partial charge in [-0.3, -0.25) is 4.79 Å². The number of halogens is 3. The topological polar surface area (TPSA) is 104 Å². The molecule has 0 aliphatic heterocycles. The lowest BCUT2D eigenvalue weighted by molar-refractivity contribution is -0.135. The second-order valence-corrected chi connectivity index (χ2v) is 8.47. The summed E-state index contributed by atoms with van der Waals surface area (Å²) in [7, 11) is -4.15. The lowest BCUT2D eigenvalue weighted by atomic mass is 9.91. The molecule has 0 aromatic heterocycles. The lowest BCUT2D eigenvalue weighted by Gasteiger charge is -2.26. The predicted molar refractivity (Wildman–Crippen MR) is 90.6 cm³/mol. The van der Waals surface area contributed by atoms with Gasteiger partial charge in [-0.2, -0.15) is 14.0 Å². The van der Waals surface area contributed by atoms with Crippen LogP contribution in [0.1, 0.15) is 12.0 Å². The van der Waals surface area contributed by atoms with E-state index in [9.17, 15) is 26.4 Å². The van der Waals surface area contributed by atoms with Crippen LogP contribution in [0.25, 0.3) is 0 Å². The van der Waals surface area contributed by atoms with Crippen LogP contribution in [0.2, 0.25) is 0 Å². The number of ether oxygens (including phenoxy) is 1. The fraction of sp³-hybridized carbons (Fsp3) is 0.333. The largest absolute Gasteiger partial charge is 0.486 e. The summed E-state index contributed by atoms with van der Waals surface area (Å²) in [5, 5.41) is 17.8. The van der Waals surface area contributed by atoms with Gasteiger partial charge in [0.2, 0.25) is 5.78 Å². The van der Waals surface area contributed by atoms with Gasteiger partial charge in [-0.05, 0) is 24.3 Å². The van der Waals surface area contributed by atoms with Crippen molar-refractivity contribution >= 4 is 15.6 Å². The lowest BCUT2D eigenvalue weighted by Crippen LogP contribution is -2.30. The summed E-state index contributed by atoms with van der Waals surface area (Å²) >= 11 is 0. The van der Waals surface area contributed by atoms with Crippen LogP contribution in [-0.4, -0.2) is 43.7 Å². The van der Waals surface area contributed by atoms with Crippen molar-refractivity contribution in [2.24, 2.45) is 5.92 Å². The van der Waals surface area contributed by atoms with Gasteiger partial charge in [-0.1, -0.05) is 0 Å². The quantitative estimate of drug-likeness (QED) is 0.791. The summed E-state index contributed by atoms with van der Waals surface area (Å²) in [5.41, 5.74) is -0.632. The molecule has 2 unspecified atom stereocenters. The highest BCUT2D eigenvalue weighted by Crippen LogP contribution is 2.47. The van der Waals surface area contributed by atoms with Crippen LogP contribution in [0, 0.1) is 23.1 Å². The van der Waals surface area contributed by atoms with Gasteiger partial charge in [0.25, 0.3) is 0 Å². The van der Waals surface area contributed by atoms with Crippen LogP contribution in [-0.2, 0) is 14.6 Å². The van der Waals surface area contributed by atoms with E-state index >= 15 is 0 Å². The number of carbonyl (C=O) groups is 1. The molecular formula is C18H14F3NO5S. The van der Waals surface area contributed by atoms with Gasteiger partial charge >= 0.3 is 5.92 Å². The summed E-state index contributed by atoms with van der Waals surface area (Å²) in [6.07, 6.45) is 0.0677. The molecule has 10 heteroatoms. The van der Waals surface area contributed by atoms with Gasteiger partial charge in [0.05, 0.1) is 28.9 Å². The van der Waals surface area contributed by atoms with E-state index in [1.165, 1.54) is 12.1 Å². The van der Waals surface area contributed by atoms with Gasteiger partial charge in [0, 0.05) is 24.0 Å². The van der Waals surface area contributed by atoms with Crippen LogP contribution >= 0.6 is 0 Å². The fourth-order valence-electron chi connectivity index (χ4n) is 3.29. The molecule has 2 aliphatic rings. The number of ketones is 1. The maximum atomic E-state index is 14.1. The van der Waals surface area contributed by atoms with E-state index in [1.54, 1.807) is 6.07 Å². The van der Waals surface area contributed by atoms with Gasteiger partial charge in [-0.25, -0.2) is 12.8 Å². The third-order valence-corrected chi connectivity index (χ3v) is 6.24. The number of nitriles is 1. The number of alkyl halides is 2. The van der Waals surface area contributed by atoms with Crippen molar-refractivity contribution in [3.63, 3.8) is 0 Å². The van der Waals surface area contributed by atoms with Crippen molar-refractivity contribution in [2.45, 2.75) is 18.4 Å². The number of fused-ring (bicyclic) bond motifs is 1. The Kier molecular flexibility index (Phi) is 5.08. The molecule has 3 rings (SSSR count). The minimum Gasteiger partial charge on any atom is -0.486 e. The fourth-order valence-corrected chi connectivity index (χ4v) is 4.62. The van der Waals surface area contributed by atoms with E-state index < -0.39 is 68.6 Å². The Bertz CT molecular complexity index is 1040. The number of allylic oxidation sites excluding steroid dienone is 1. The first-order chi connectivity index (χ1) is 13.1. The second kappa shape index (κ2) is 7.07. The normalized spacial score (nSPS) is 23.5. The Balaban J connectivity index is 2.02. The summed E-state index contributed by atoms with van der Waals surface area (Å²) in [6.45, 7) is -0.734. The molecule has 2 atom stereocenters. The third-order valence-electron chi connectivity index (χ3n) is 4.49. The van der Waals surface area contributed by atoms with Crippen molar-refractivity contribution in [1.29, 1.82) is 5.26 Å². The standard InChI is InChI=1S/C18H14F3NO5S/c19-11-5-10(9-22)6-12(7-11)27-14-1-2-15(28(25,26)4-3-23)16-13(14)8-18(20,21)17(16)24/h1-2,5-7,13-14,23H,3-4,8H2. The van der Waals surface area contributed by atoms with Crippen molar-refractivity contribution < 1.29 is 36.2 Å². The number of hydrogen-bond acceptors (Lipinski definition) is 6. The highest BCUT2D eigenvalue weighted by atomic mass is 32.2. The smallest absolute Gasteiger partial charge is 0.310 e. The molecule has 1 fully saturated rings. The average Bonchev–Trinajstić information content (AvgIpc) is 2.85.